The van der Waals surface area contributed by atoms with Crippen molar-refractivity contribution in [2.45, 2.75) is 20.4 Å². The summed E-state index contributed by atoms with van der Waals surface area (Å²) < 4.78 is 1.03. The molecule has 0 saturated heterocycles. The third kappa shape index (κ3) is 4.38. The highest BCUT2D eigenvalue weighted by Gasteiger charge is 2.02. The van der Waals surface area contributed by atoms with E-state index in [1.165, 1.54) is 0 Å². The van der Waals surface area contributed by atoms with Crippen LogP contribution in [0.15, 0.2) is 46.9 Å². The summed E-state index contributed by atoms with van der Waals surface area (Å²) in [6.45, 7) is 4.53. The highest BCUT2D eigenvalue weighted by atomic mass is 79.9. The molecule has 20 heavy (non-hydrogen) atoms. The van der Waals surface area contributed by atoms with Gasteiger partial charge in [-0.05, 0) is 54.8 Å². The lowest BCUT2D eigenvalue weighted by molar-refractivity contribution is 0.251. The molecule has 2 aromatic rings. The van der Waals surface area contributed by atoms with Crippen LogP contribution < -0.4 is 10.6 Å². The second kappa shape index (κ2) is 6.57. The lowest BCUT2D eigenvalue weighted by Crippen LogP contribution is -2.28. The zero-order valence-corrected chi connectivity index (χ0v) is 13.1. The summed E-state index contributed by atoms with van der Waals surface area (Å²) in [6.07, 6.45) is 0. The molecule has 0 unspecified atom stereocenters. The molecule has 0 saturated carbocycles. The Morgan fingerprint density at radius 1 is 1.05 bits per heavy atom. The van der Waals surface area contributed by atoms with E-state index in [-0.39, 0.29) is 6.03 Å². The fourth-order valence-electron chi connectivity index (χ4n) is 2.01. The van der Waals surface area contributed by atoms with E-state index in [4.69, 9.17) is 0 Å². The number of halogens is 1. The monoisotopic (exact) mass is 332 g/mol. The molecule has 0 spiro atoms. The number of benzene rings is 2. The van der Waals surface area contributed by atoms with Crippen LogP contribution in [0.5, 0.6) is 0 Å². The topological polar surface area (TPSA) is 41.1 Å². The van der Waals surface area contributed by atoms with E-state index in [1.807, 2.05) is 50.2 Å². The normalized spacial score (nSPS) is 10.2. The Labute approximate surface area is 127 Å². The first kappa shape index (κ1) is 14.6. The van der Waals surface area contributed by atoms with Crippen LogP contribution in [0.3, 0.4) is 0 Å². The molecule has 0 aliphatic heterocycles. The van der Waals surface area contributed by atoms with E-state index in [0.29, 0.717) is 6.54 Å². The van der Waals surface area contributed by atoms with Crippen molar-refractivity contribution in [2.75, 3.05) is 5.32 Å². The number of carbonyl (C=O) groups excluding carboxylic acids is 1. The lowest BCUT2D eigenvalue weighted by atomic mass is 10.1. The summed E-state index contributed by atoms with van der Waals surface area (Å²) in [5, 5.41) is 5.69. The van der Waals surface area contributed by atoms with Crippen LogP contribution in [0.1, 0.15) is 16.7 Å². The molecule has 2 aromatic carbocycles. The first-order chi connectivity index (χ1) is 9.52. The molecule has 4 heteroatoms. The van der Waals surface area contributed by atoms with Gasteiger partial charge in [0.1, 0.15) is 0 Å². The molecule has 0 fully saturated rings. The van der Waals surface area contributed by atoms with Crippen molar-refractivity contribution in [2.24, 2.45) is 0 Å². The maximum atomic E-state index is 11.8. The van der Waals surface area contributed by atoms with Crippen molar-refractivity contribution in [3.05, 3.63) is 63.6 Å². The van der Waals surface area contributed by atoms with E-state index in [9.17, 15) is 4.79 Å². The highest BCUT2D eigenvalue weighted by molar-refractivity contribution is 9.10. The summed E-state index contributed by atoms with van der Waals surface area (Å²) in [7, 11) is 0. The molecular weight excluding hydrogens is 316 g/mol. The van der Waals surface area contributed by atoms with E-state index >= 15 is 0 Å². The molecule has 0 heterocycles. The number of rotatable bonds is 3. The molecule has 2 amide bonds. The predicted octanol–water partition coefficient (Wildman–Crippen LogP) is 4.39. The molecule has 2 rings (SSSR count). The third-order valence-corrected chi connectivity index (χ3v) is 3.37. The van der Waals surface area contributed by atoms with Crippen molar-refractivity contribution in [3.8, 4) is 0 Å². The zero-order chi connectivity index (χ0) is 14.5. The number of nitrogens with one attached hydrogen (secondary N) is 2. The van der Waals surface area contributed by atoms with Crippen LogP contribution >= 0.6 is 15.9 Å². The summed E-state index contributed by atoms with van der Waals surface area (Å²) in [4.78, 5) is 11.8. The minimum absolute atomic E-state index is 0.196. The maximum absolute atomic E-state index is 11.8. The Morgan fingerprint density at radius 2 is 1.65 bits per heavy atom. The average Bonchev–Trinajstić information content (AvgIpc) is 2.37. The van der Waals surface area contributed by atoms with Crippen LogP contribution in [0.2, 0.25) is 0 Å². The van der Waals surface area contributed by atoms with Crippen molar-refractivity contribution < 1.29 is 4.79 Å². The molecule has 3 nitrogen and oxygen atoms in total. The summed E-state index contributed by atoms with van der Waals surface area (Å²) in [6, 6.07) is 13.6. The lowest BCUT2D eigenvalue weighted by Gasteiger charge is -2.09. The van der Waals surface area contributed by atoms with Gasteiger partial charge in [-0.25, -0.2) is 4.79 Å². The average molecular weight is 333 g/mol. The van der Waals surface area contributed by atoms with Gasteiger partial charge >= 0.3 is 6.03 Å². The summed E-state index contributed by atoms with van der Waals surface area (Å²) >= 11 is 3.38. The van der Waals surface area contributed by atoms with Crippen LogP contribution in [0.4, 0.5) is 10.5 Å². The molecule has 0 aliphatic rings. The zero-order valence-electron chi connectivity index (χ0n) is 11.5. The largest absolute Gasteiger partial charge is 0.334 e. The number of carbonyl (C=O) groups is 1. The molecule has 104 valence electrons. The SMILES string of the molecule is Cc1cc(C)cc(NC(=O)NCc2ccc(Br)cc2)c1. The van der Waals surface area contributed by atoms with Crippen LogP contribution in [-0.2, 0) is 6.54 Å². The van der Waals surface area contributed by atoms with Gasteiger partial charge in [-0.3, -0.25) is 0 Å². The highest BCUT2D eigenvalue weighted by Crippen LogP contribution is 2.14. The van der Waals surface area contributed by atoms with Crippen molar-refractivity contribution in [1.82, 2.24) is 5.32 Å². The third-order valence-electron chi connectivity index (χ3n) is 2.85. The van der Waals surface area contributed by atoms with Gasteiger partial charge in [0, 0.05) is 16.7 Å². The Hall–Kier alpha value is -1.81. The van der Waals surface area contributed by atoms with E-state index in [2.05, 4.69) is 32.6 Å². The van der Waals surface area contributed by atoms with Gasteiger partial charge in [-0.1, -0.05) is 34.1 Å². The second-order valence-electron chi connectivity index (χ2n) is 4.81. The molecule has 0 radical (unpaired) electrons. The molecule has 2 N–H and O–H groups in total. The smallest absolute Gasteiger partial charge is 0.319 e. The van der Waals surface area contributed by atoms with Gasteiger partial charge in [0.2, 0.25) is 0 Å². The van der Waals surface area contributed by atoms with Crippen LogP contribution in [-0.4, -0.2) is 6.03 Å². The Kier molecular flexibility index (Phi) is 4.79. The number of amides is 2. The van der Waals surface area contributed by atoms with E-state index < -0.39 is 0 Å². The number of urea groups is 1. The number of hydrogen-bond acceptors (Lipinski definition) is 1. The Bertz CT molecular complexity index is 588. The molecular formula is C16H17BrN2O. The molecule has 0 atom stereocenters. The Balaban J connectivity index is 1.90. The van der Waals surface area contributed by atoms with Crippen LogP contribution in [0.25, 0.3) is 0 Å². The standard InChI is InChI=1S/C16H17BrN2O/c1-11-7-12(2)9-15(8-11)19-16(20)18-10-13-3-5-14(17)6-4-13/h3-9H,10H2,1-2H3,(H2,18,19,20). The fourth-order valence-corrected chi connectivity index (χ4v) is 2.27. The fraction of sp³-hybridized carbons (Fsp3) is 0.188. The minimum atomic E-state index is -0.196. The number of hydrogen-bond donors (Lipinski definition) is 2. The Morgan fingerprint density at radius 3 is 2.25 bits per heavy atom. The van der Waals surface area contributed by atoms with Crippen molar-refractivity contribution >= 4 is 27.6 Å². The maximum Gasteiger partial charge on any atom is 0.319 e. The van der Waals surface area contributed by atoms with E-state index in [0.717, 1.165) is 26.9 Å². The second-order valence-corrected chi connectivity index (χ2v) is 5.73. The van der Waals surface area contributed by atoms with Gasteiger partial charge in [0.05, 0.1) is 0 Å². The van der Waals surface area contributed by atoms with Gasteiger partial charge in [-0.2, -0.15) is 0 Å². The number of aryl methyl sites for hydroxylation is 2. The first-order valence-corrected chi connectivity index (χ1v) is 7.20. The predicted molar refractivity (Wildman–Crippen MR) is 85.9 cm³/mol. The minimum Gasteiger partial charge on any atom is -0.334 e. The first-order valence-electron chi connectivity index (χ1n) is 6.40. The van der Waals surface area contributed by atoms with Gasteiger partial charge in [0.25, 0.3) is 0 Å². The number of anilines is 1. The quantitative estimate of drug-likeness (QED) is 0.859. The molecule has 0 aromatic heterocycles. The van der Waals surface area contributed by atoms with E-state index in [1.54, 1.807) is 0 Å². The summed E-state index contributed by atoms with van der Waals surface area (Å²) in [5.41, 5.74) is 4.14. The van der Waals surface area contributed by atoms with Gasteiger partial charge in [0.15, 0.2) is 0 Å². The van der Waals surface area contributed by atoms with Crippen LogP contribution in [0, 0.1) is 13.8 Å². The van der Waals surface area contributed by atoms with Gasteiger partial charge < -0.3 is 10.6 Å². The molecule has 0 bridgehead atoms. The van der Waals surface area contributed by atoms with Gasteiger partial charge in [-0.15, -0.1) is 0 Å². The van der Waals surface area contributed by atoms with Crippen molar-refractivity contribution in [1.29, 1.82) is 0 Å². The summed E-state index contributed by atoms with van der Waals surface area (Å²) in [5.74, 6) is 0. The molecule has 0 aliphatic carbocycles. The van der Waals surface area contributed by atoms with Crippen molar-refractivity contribution in [3.63, 3.8) is 0 Å².